The van der Waals surface area contributed by atoms with E-state index in [1.54, 1.807) is 0 Å². The minimum absolute atomic E-state index is 0.0218. The van der Waals surface area contributed by atoms with E-state index in [-0.39, 0.29) is 17.5 Å². The van der Waals surface area contributed by atoms with Gasteiger partial charge >= 0.3 is 5.97 Å². The maximum atomic E-state index is 12.0. The van der Waals surface area contributed by atoms with Crippen molar-refractivity contribution in [2.24, 2.45) is 5.92 Å². The van der Waals surface area contributed by atoms with Crippen LogP contribution in [0.15, 0.2) is 0 Å². The second kappa shape index (κ2) is 4.94. The molecule has 2 fully saturated rings. The van der Waals surface area contributed by atoms with Gasteiger partial charge in [0.2, 0.25) is 0 Å². The van der Waals surface area contributed by atoms with Crippen molar-refractivity contribution in [2.45, 2.75) is 45.3 Å². The lowest BCUT2D eigenvalue weighted by Gasteiger charge is -2.42. The molecule has 0 aromatic rings. The minimum Gasteiger partial charge on any atom is -0.460 e. The maximum absolute atomic E-state index is 12.0. The second-order valence-corrected chi connectivity index (χ2v) is 6.17. The summed E-state index contributed by atoms with van der Waals surface area (Å²) in [7, 11) is 0. The highest BCUT2D eigenvalue weighted by Crippen LogP contribution is 2.22. The van der Waals surface area contributed by atoms with Crippen molar-refractivity contribution in [3.05, 3.63) is 0 Å². The number of piperidine rings is 1. The first-order valence-electron chi connectivity index (χ1n) is 6.63. The molecule has 0 unspecified atom stereocenters. The van der Waals surface area contributed by atoms with E-state index in [1.165, 1.54) is 19.5 Å². The molecule has 2 rings (SSSR count). The van der Waals surface area contributed by atoms with Crippen LogP contribution in [0.25, 0.3) is 0 Å². The number of carbonyl (C=O) groups is 1. The fourth-order valence-corrected chi connectivity index (χ4v) is 2.47. The number of rotatable bonds is 2. The zero-order chi connectivity index (χ0) is 12.5. The number of ether oxygens (including phenoxy) is 1. The summed E-state index contributed by atoms with van der Waals surface area (Å²) in [6.45, 7) is 9.93. The Labute approximate surface area is 104 Å². The summed E-state index contributed by atoms with van der Waals surface area (Å²) >= 11 is 0. The summed E-state index contributed by atoms with van der Waals surface area (Å²) in [6.07, 6.45) is 2.25. The van der Waals surface area contributed by atoms with Crippen molar-refractivity contribution in [3.8, 4) is 0 Å². The van der Waals surface area contributed by atoms with E-state index in [0.717, 1.165) is 19.5 Å². The van der Waals surface area contributed by atoms with Gasteiger partial charge in [-0.2, -0.15) is 0 Å². The molecule has 1 N–H and O–H groups in total. The van der Waals surface area contributed by atoms with Crippen molar-refractivity contribution in [1.82, 2.24) is 10.2 Å². The van der Waals surface area contributed by atoms with Gasteiger partial charge in [-0.15, -0.1) is 0 Å². The molecule has 0 bridgehead atoms. The lowest BCUT2D eigenvalue weighted by Crippen LogP contribution is -2.55. The molecule has 2 saturated heterocycles. The number of esters is 1. The van der Waals surface area contributed by atoms with E-state index in [4.69, 9.17) is 4.74 Å². The largest absolute Gasteiger partial charge is 0.460 e. The highest BCUT2D eigenvalue weighted by atomic mass is 16.6. The third-order valence-corrected chi connectivity index (χ3v) is 3.47. The third-order valence-electron chi connectivity index (χ3n) is 3.47. The van der Waals surface area contributed by atoms with Crippen molar-refractivity contribution in [3.63, 3.8) is 0 Å². The summed E-state index contributed by atoms with van der Waals surface area (Å²) in [5.74, 6) is -0.0243. The van der Waals surface area contributed by atoms with E-state index in [2.05, 4.69) is 10.2 Å². The van der Waals surface area contributed by atoms with Crippen LogP contribution < -0.4 is 5.32 Å². The van der Waals surface area contributed by atoms with Crippen molar-refractivity contribution >= 4 is 5.97 Å². The van der Waals surface area contributed by atoms with E-state index in [1.807, 2.05) is 20.8 Å². The lowest BCUT2D eigenvalue weighted by atomic mass is 9.93. The smallest absolute Gasteiger partial charge is 0.310 e. The first-order valence-corrected chi connectivity index (χ1v) is 6.63. The molecule has 0 saturated carbocycles. The van der Waals surface area contributed by atoms with Gasteiger partial charge in [0.05, 0.1) is 5.92 Å². The summed E-state index contributed by atoms with van der Waals surface area (Å²) in [6, 6.07) is 0.523. The predicted octanol–water partition coefficient (Wildman–Crippen LogP) is 1.01. The SMILES string of the molecule is CC(C)(C)OC(=O)[C@H]1CNC[C@H](N2CCC2)C1. The number of carbonyl (C=O) groups excluding carboxylic acids is 1. The highest BCUT2D eigenvalue weighted by molar-refractivity contribution is 5.73. The van der Waals surface area contributed by atoms with Crippen LogP contribution in [0.5, 0.6) is 0 Å². The molecule has 0 aliphatic carbocycles. The fourth-order valence-electron chi connectivity index (χ4n) is 2.47. The van der Waals surface area contributed by atoms with E-state index >= 15 is 0 Å². The number of hydrogen-bond acceptors (Lipinski definition) is 4. The highest BCUT2D eigenvalue weighted by Gasteiger charge is 2.34. The molecule has 4 heteroatoms. The molecule has 0 amide bonds. The number of hydrogen-bond donors (Lipinski definition) is 1. The quantitative estimate of drug-likeness (QED) is 0.732. The van der Waals surface area contributed by atoms with Crippen molar-refractivity contribution in [2.75, 3.05) is 26.2 Å². The Kier molecular flexibility index (Phi) is 3.73. The van der Waals surface area contributed by atoms with Crippen LogP contribution in [0.1, 0.15) is 33.6 Å². The molecule has 4 nitrogen and oxygen atoms in total. The number of nitrogens with zero attached hydrogens (tertiary/aromatic N) is 1. The Balaban J connectivity index is 1.85. The average molecular weight is 240 g/mol. The molecular formula is C13H24N2O2. The normalized spacial score (nSPS) is 30.8. The van der Waals surface area contributed by atoms with Crippen LogP contribution in [0.2, 0.25) is 0 Å². The van der Waals surface area contributed by atoms with E-state index in [9.17, 15) is 4.79 Å². The van der Waals surface area contributed by atoms with Gasteiger partial charge in [-0.05, 0) is 46.7 Å². The molecule has 0 aromatic carbocycles. The monoisotopic (exact) mass is 240 g/mol. The van der Waals surface area contributed by atoms with Crippen LogP contribution in [-0.2, 0) is 9.53 Å². The summed E-state index contributed by atoms with van der Waals surface area (Å²) < 4.78 is 5.46. The standard InChI is InChI=1S/C13H24N2O2/c1-13(2,3)17-12(16)10-7-11(9-14-8-10)15-5-4-6-15/h10-11,14H,4-9H2,1-3H3/t10-,11-/m1/s1. The van der Waals surface area contributed by atoms with Crippen LogP contribution in [0.4, 0.5) is 0 Å². The molecular weight excluding hydrogens is 216 g/mol. The molecule has 0 radical (unpaired) electrons. The molecule has 98 valence electrons. The topological polar surface area (TPSA) is 41.6 Å². The molecule has 17 heavy (non-hydrogen) atoms. The van der Waals surface area contributed by atoms with Gasteiger partial charge in [-0.25, -0.2) is 0 Å². The Morgan fingerprint density at radius 1 is 1.29 bits per heavy atom. The molecule has 2 aliphatic heterocycles. The molecule has 0 aromatic heterocycles. The third kappa shape index (κ3) is 3.42. The van der Waals surface area contributed by atoms with Gasteiger partial charge in [0.15, 0.2) is 0 Å². The first-order chi connectivity index (χ1) is 7.96. The molecule has 2 aliphatic rings. The van der Waals surface area contributed by atoms with Crippen molar-refractivity contribution in [1.29, 1.82) is 0 Å². The zero-order valence-corrected chi connectivity index (χ0v) is 11.2. The van der Waals surface area contributed by atoms with Crippen LogP contribution >= 0.6 is 0 Å². The minimum atomic E-state index is -0.374. The van der Waals surface area contributed by atoms with Crippen molar-refractivity contribution < 1.29 is 9.53 Å². The average Bonchev–Trinajstić information content (AvgIpc) is 2.12. The maximum Gasteiger partial charge on any atom is 0.310 e. The van der Waals surface area contributed by atoms with Gasteiger partial charge in [0, 0.05) is 19.1 Å². The van der Waals surface area contributed by atoms with Gasteiger partial charge in [-0.1, -0.05) is 0 Å². The van der Waals surface area contributed by atoms with E-state index in [0.29, 0.717) is 6.04 Å². The zero-order valence-electron chi connectivity index (χ0n) is 11.2. The fraction of sp³-hybridized carbons (Fsp3) is 0.923. The lowest BCUT2D eigenvalue weighted by molar-refractivity contribution is -0.161. The molecule has 2 heterocycles. The summed E-state index contributed by atoms with van der Waals surface area (Å²) in [5.41, 5.74) is -0.374. The number of likely N-dealkylation sites (tertiary alicyclic amines) is 1. The van der Waals surface area contributed by atoms with Crippen LogP contribution in [0, 0.1) is 5.92 Å². The van der Waals surface area contributed by atoms with E-state index < -0.39 is 0 Å². The van der Waals surface area contributed by atoms with Crippen LogP contribution in [0.3, 0.4) is 0 Å². The van der Waals surface area contributed by atoms with Crippen LogP contribution in [-0.4, -0.2) is 48.7 Å². The van der Waals surface area contributed by atoms with Gasteiger partial charge in [-0.3, -0.25) is 9.69 Å². The van der Waals surface area contributed by atoms with Gasteiger partial charge in [0.1, 0.15) is 5.60 Å². The Hall–Kier alpha value is -0.610. The summed E-state index contributed by atoms with van der Waals surface area (Å²) in [4.78, 5) is 14.5. The van der Waals surface area contributed by atoms with Gasteiger partial charge < -0.3 is 10.1 Å². The Morgan fingerprint density at radius 3 is 2.53 bits per heavy atom. The number of nitrogens with one attached hydrogen (secondary N) is 1. The first kappa shape index (κ1) is 12.8. The predicted molar refractivity (Wildman–Crippen MR) is 66.8 cm³/mol. The molecule has 2 atom stereocenters. The molecule has 0 spiro atoms. The Morgan fingerprint density at radius 2 is 2.00 bits per heavy atom. The second-order valence-electron chi connectivity index (χ2n) is 6.17. The Bertz CT molecular complexity index is 282. The summed E-state index contributed by atoms with van der Waals surface area (Å²) in [5, 5.41) is 3.36. The van der Waals surface area contributed by atoms with Gasteiger partial charge in [0.25, 0.3) is 0 Å².